The Labute approximate surface area is 138 Å². The molecule has 4 rings (SSSR count). The second-order valence-electron chi connectivity index (χ2n) is 5.67. The van der Waals surface area contributed by atoms with Crippen LogP contribution in [0.2, 0.25) is 0 Å². The van der Waals surface area contributed by atoms with E-state index < -0.39 is 0 Å². The number of hydrogen-bond acceptors (Lipinski definition) is 5. The van der Waals surface area contributed by atoms with Gasteiger partial charge < -0.3 is 19.0 Å². The van der Waals surface area contributed by atoms with Gasteiger partial charge in [-0.3, -0.25) is 4.79 Å². The van der Waals surface area contributed by atoms with Crippen LogP contribution in [0.3, 0.4) is 0 Å². The monoisotopic (exact) mass is 324 g/mol. The summed E-state index contributed by atoms with van der Waals surface area (Å²) >= 11 is 0. The number of aromatic hydroxyl groups is 1. The lowest BCUT2D eigenvalue weighted by Crippen LogP contribution is -2.15. The maximum Gasteiger partial charge on any atom is 0.200 e. The Balaban J connectivity index is 1.89. The minimum Gasteiger partial charge on any atom is -0.508 e. The topological polar surface area (TPSA) is 68.9 Å². The minimum atomic E-state index is -0.136. The normalized spacial score (nSPS) is 13.2. The lowest BCUT2D eigenvalue weighted by Gasteiger charge is -2.18. The molecule has 0 saturated carbocycles. The Bertz CT molecular complexity index is 987. The number of aryl methyl sites for hydroxylation is 1. The van der Waals surface area contributed by atoms with Crippen LogP contribution in [0.15, 0.2) is 45.8 Å². The third-order valence-corrected chi connectivity index (χ3v) is 4.21. The number of fused-ring (bicyclic) bond motifs is 2. The second kappa shape index (κ2) is 5.60. The molecule has 1 aliphatic rings. The van der Waals surface area contributed by atoms with Crippen LogP contribution < -0.4 is 14.9 Å². The van der Waals surface area contributed by atoms with Gasteiger partial charge in [-0.15, -0.1) is 0 Å². The van der Waals surface area contributed by atoms with E-state index in [0.29, 0.717) is 58.8 Å². The van der Waals surface area contributed by atoms with Crippen molar-refractivity contribution < 1.29 is 19.0 Å². The van der Waals surface area contributed by atoms with Crippen LogP contribution in [0, 0.1) is 0 Å². The fourth-order valence-electron chi connectivity index (χ4n) is 2.90. The third kappa shape index (κ3) is 2.29. The van der Waals surface area contributed by atoms with Crippen molar-refractivity contribution in [2.24, 2.45) is 0 Å². The Morgan fingerprint density at radius 3 is 2.67 bits per heavy atom. The van der Waals surface area contributed by atoms with Crippen molar-refractivity contribution in [1.82, 2.24) is 0 Å². The minimum absolute atomic E-state index is 0.136. The van der Waals surface area contributed by atoms with Gasteiger partial charge in [-0.2, -0.15) is 0 Å². The molecule has 0 atom stereocenters. The summed E-state index contributed by atoms with van der Waals surface area (Å²) in [7, 11) is 0. The Hall–Kier alpha value is -2.95. The summed E-state index contributed by atoms with van der Waals surface area (Å²) in [6.07, 6.45) is 2.05. The molecule has 2 aromatic carbocycles. The van der Waals surface area contributed by atoms with Gasteiger partial charge in [0.1, 0.15) is 30.8 Å². The van der Waals surface area contributed by atoms with Crippen LogP contribution in [-0.2, 0) is 6.42 Å². The molecule has 0 saturated heterocycles. The first kappa shape index (κ1) is 14.6. The Morgan fingerprint density at radius 2 is 1.88 bits per heavy atom. The fraction of sp³-hybridized carbons (Fsp3) is 0.211. The molecule has 5 nitrogen and oxygen atoms in total. The largest absolute Gasteiger partial charge is 0.508 e. The molecule has 0 bridgehead atoms. The van der Waals surface area contributed by atoms with E-state index in [1.165, 1.54) is 12.3 Å². The lowest BCUT2D eigenvalue weighted by molar-refractivity contribution is 0.171. The van der Waals surface area contributed by atoms with Crippen molar-refractivity contribution in [2.45, 2.75) is 13.3 Å². The van der Waals surface area contributed by atoms with Gasteiger partial charge in [-0.1, -0.05) is 13.0 Å². The molecule has 1 aromatic heterocycles. The first-order valence-electron chi connectivity index (χ1n) is 7.85. The molecular weight excluding hydrogens is 308 g/mol. The zero-order valence-corrected chi connectivity index (χ0v) is 13.2. The maximum atomic E-state index is 12.9. The summed E-state index contributed by atoms with van der Waals surface area (Å²) in [5.41, 5.74) is 2.11. The molecule has 122 valence electrons. The SMILES string of the molecule is CCc1cc2c(=O)c(-c3ccc4c(c3)OCCO4)coc2cc1O. The number of phenolic OH excluding ortho intramolecular Hbond substituents is 1. The van der Waals surface area contributed by atoms with Gasteiger partial charge in [0.05, 0.1) is 10.9 Å². The van der Waals surface area contributed by atoms with Gasteiger partial charge in [0, 0.05) is 6.07 Å². The highest BCUT2D eigenvalue weighted by Gasteiger charge is 2.16. The van der Waals surface area contributed by atoms with Gasteiger partial charge in [0.25, 0.3) is 0 Å². The third-order valence-electron chi connectivity index (χ3n) is 4.21. The first-order chi connectivity index (χ1) is 11.7. The van der Waals surface area contributed by atoms with E-state index in [1.54, 1.807) is 18.2 Å². The lowest BCUT2D eigenvalue weighted by atomic mass is 10.0. The summed E-state index contributed by atoms with van der Waals surface area (Å²) in [6, 6.07) is 8.57. The smallest absolute Gasteiger partial charge is 0.200 e. The van der Waals surface area contributed by atoms with Crippen LogP contribution in [0.1, 0.15) is 12.5 Å². The fourth-order valence-corrected chi connectivity index (χ4v) is 2.90. The zero-order valence-electron chi connectivity index (χ0n) is 13.2. The average Bonchev–Trinajstić information content (AvgIpc) is 2.61. The van der Waals surface area contributed by atoms with Gasteiger partial charge >= 0.3 is 0 Å². The number of phenols is 1. The predicted octanol–water partition coefficient (Wildman–Crippen LogP) is 3.50. The molecule has 0 amide bonds. The molecular formula is C19H16O5. The molecule has 0 fully saturated rings. The van der Waals surface area contributed by atoms with E-state index >= 15 is 0 Å². The molecule has 0 spiro atoms. The van der Waals surface area contributed by atoms with Gasteiger partial charge in [-0.25, -0.2) is 0 Å². The van der Waals surface area contributed by atoms with Crippen molar-refractivity contribution in [3.63, 3.8) is 0 Å². The van der Waals surface area contributed by atoms with E-state index in [2.05, 4.69) is 0 Å². The highest BCUT2D eigenvalue weighted by Crippen LogP contribution is 2.34. The molecule has 1 N–H and O–H groups in total. The Morgan fingerprint density at radius 1 is 1.08 bits per heavy atom. The van der Waals surface area contributed by atoms with Crippen LogP contribution in [0.5, 0.6) is 17.2 Å². The number of rotatable bonds is 2. The van der Waals surface area contributed by atoms with Crippen molar-refractivity contribution >= 4 is 11.0 Å². The van der Waals surface area contributed by atoms with Gasteiger partial charge in [0.15, 0.2) is 11.5 Å². The first-order valence-corrected chi connectivity index (χ1v) is 7.85. The van der Waals surface area contributed by atoms with E-state index in [9.17, 15) is 9.90 Å². The zero-order chi connectivity index (χ0) is 16.7. The number of benzene rings is 2. The molecule has 0 radical (unpaired) electrons. The molecule has 1 aliphatic heterocycles. The van der Waals surface area contributed by atoms with Crippen molar-refractivity contribution in [1.29, 1.82) is 0 Å². The van der Waals surface area contributed by atoms with E-state index in [-0.39, 0.29) is 11.2 Å². The standard InChI is InChI=1S/C19H16O5/c1-2-11-7-13-17(9-15(11)20)24-10-14(19(13)21)12-3-4-16-18(8-12)23-6-5-22-16/h3-4,7-10,20H,2,5-6H2,1H3. The molecule has 0 unspecified atom stereocenters. The van der Waals surface area contributed by atoms with E-state index in [4.69, 9.17) is 13.9 Å². The summed E-state index contributed by atoms with van der Waals surface area (Å²) in [5.74, 6) is 1.44. The average molecular weight is 324 g/mol. The number of hydrogen-bond donors (Lipinski definition) is 1. The summed E-state index contributed by atoms with van der Waals surface area (Å²) in [4.78, 5) is 12.9. The summed E-state index contributed by atoms with van der Waals surface area (Å²) in [5, 5.41) is 10.4. The van der Waals surface area contributed by atoms with Crippen LogP contribution >= 0.6 is 0 Å². The molecule has 0 aliphatic carbocycles. The Kier molecular flexibility index (Phi) is 3.41. The van der Waals surface area contributed by atoms with Crippen LogP contribution in [0.4, 0.5) is 0 Å². The van der Waals surface area contributed by atoms with Crippen molar-refractivity contribution in [2.75, 3.05) is 13.2 Å². The second-order valence-corrected chi connectivity index (χ2v) is 5.67. The summed E-state index contributed by atoms with van der Waals surface area (Å²) in [6.45, 7) is 2.93. The van der Waals surface area contributed by atoms with Crippen molar-refractivity contribution in [3.8, 4) is 28.4 Å². The highest BCUT2D eigenvalue weighted by atomic mass is 16.6. The number of ether oxygens (including phenoxy) is 2. The van der Waals surface area contributed by atoms with Crippen molar-refractivity contribution in [3.05, 3.63) is 52.4 Å². The van der Waals surface area contributed by atoms with Crippen LogP contribution in [-0.4, -0.2) is 18.3 Å². The predicted molar refractivity (Wildman–Crippen MR) is 90.0 cm³/mol. The maximum absolute atomic E-state index is 12.9. The van der Waals surface area contributed by atoms with E-state index in [0.717, 1.165) is 0 Å². The van der Waals surface area contributed by atoms with Gasteiger partial charge in [0.2, 0.25) is 5.43 Å². The van der Waals surface area contributed by atoms with E-state index in [1.807, 2.05) is 13.0 Å². The highest BCUT2D eigenvalue weighted by molar-refractivity contribution is 5.84. The molecule has 24 heavy (non-hydrogen) atoms. The molecule has 5 heteroatoms. The molecule has 3 aromatic rings. The quantitative estimate of drug-likeness (QED) is 0.781. The van der Waals surface area contributed by atoms with Crippen LogP contribution in [0.25, 0.3) is 22.1 Å². The van der Waals surface area contributed by atoms with Gasteiger partial charge in [-0.05, 0) is 35.7 Å². The summed E-state index contributed by atoms with van der Waals surface area (Å²) < 4.78 is 16.6. The molecule has 2 heterocycles.